The van der Waals surface area contributed by atoms with Gasteiger partial charge in [-0.15, -0.1) is 0 Å². The number of hydrogen-bond donors (Lipinski definition) is 1. The molecule has 0 unspecified atom stereocenters. The van der Waals surface area contributed by atoms with Gasteiger partial charge >= 0.3 is 18.9 Å². The molecule has 0 bridgehead atoms. The summed E-state index contributed by atoms with van der Waals surface area (Å²) in [6, 6.07) is 7.36. The van der Waals surface area contributed by atoms with Crippen LogP contribution < -0.4 is 0 Å². The quantitative estimate of drug-likeness (QED) is 0.604. The SMILES string of the molecule is Cc1ccnc2c(O)cccc12.[LiH]. The Bertz CT molecular complexity index is 387. The number of nitrogens with zero attached hydrogens (tertiary/aromatic N) is 1. The van der Waals surface area contributed by atoms with Crippen LogP contribution in [0.1, 0.15) is 5.56 Å². The average molecular weight is 167 g/mol. The van der Waals surface area contributed by atoms with E-state index in [1.165, 1.54) is 0 Å². The molecule has 2 rings (SSSR count). The Balaban J connectivity index is 0.000000845. The zero-order valence-corrected chi connectivity index (χ0v) is 6.78. The third-order valence-corrected chi connectivity index (χ3v) is 1.97. The number of hydrogen-bond acceptors (Lipinski definition) is 2. The van der Waals surface area contributed by atoms with Crippen LogP contribution in [0.2, 0.25) is 0 Å². The Kier molecular flexibility index (Phi) is 2.97. The van der Waals surface area contributed by atoms with E-state index < -0.39 is 0 Å². The maximum absolute atomic E-state index is 9.43. The molecule has 1 aromatic carbocycles. The Hall–Kier alpha value is -0.973. The number of benzene rings is 1. The first kappa shape index (κ1) is 10.1. The summed E-state index contributed by atoms with van der Waals surface area (Å²) in [6.07, 6.45) is 1.71. The molecule has 2 aromatic rings. The van der Waals surface area contributed by atoms with Crippen molar-refractivity contribution < 1.29 is 5.11 Å². The molecule has 0 fully saturated rings. The van der Waals surface area contributed by atoms with E-state index >= 15 is 0 Å². The van der Waals surface area contributed by atoms with Gasteiger partial charge in [0.2, 0.25) is 0 Å². The van der Waals surface area contributed by atoms with E-state index in [4.69, 9.17) is 0 Å². The molecule has 1 aromatic heterocycles. The summed E-state index contributed by atoms with van der Waals surface area (Å²) < 4.78 is 0. The molecule has 0 spiro atoms. The van der Waals surface area contributed by atoms with Crippen LogP contribution in [0.4, 0.5) is 0 Å². The molecule has 0 aliphatic carbocycles. The van der Waals surface area contributed by atoms with Crippen molar-refractivity contribution in [3.05, 3.63) is 36.0 Å². The number of para-hydroxylation sites is 1. The van der Waals surface area contributed by atoms with Gasteiger partial charge in [0.25, 0.3) is 0 Å². The summed E-state index contributed by atoms with van der Waals surface area (Å²) in [4.78, 5) is 4.09. The first-order chi connectivity index (χ1) is 5.79. The predicted molar refractivity (Wildman–Crippen MR) is 55.3 cm³/mol. The molecule has 1 heterocycles. The molecule has 0 aliphatic heterocycles. The molecule has 0 radical (unpaired) electrons. The number of phenolic OH excluding ortho intramolecular Hbond substituents is 1. The molecule has 62 valence electrons. The van der Waals surface area contributed by atoms with Crippen LogP contribution in [0.15, 0.2) is 30.5 Å². The van der Waals surface area contributed by atoms with Gasteiger partial charge in [-0.05, 0) is 24.6 Å². The number of rotatable bonds is 0. The summed E-state index contributed by atoms with van der Waals surface area (Å²) in [5, 5.41) is 10.4. The van der Waals surface area contributed by atoms with Crippen LogP contribution in [0, 0.1) is 6.92 Å². The summed E-state index contributed by atoms with van der Waals surface area (Å²) >= 11 is 0. The molecule has 2 nitrogen and oxygen atoms in total. The van der Waals surface area contributed by atoms with E-state index in [1.807, 2.05) is 25.1 Å². The van der Waals surface area contributed by atoms with Gasteiger partial charge in [-0.3, -0.25) is 4.98 Å². The van der Waals surface area contributed by atoms with E-state index in [9.17, 15) is 5.11 Å². The van der Waals surface area contributed by atoms with Crippen molar-refractivity contribution in [2.24, 2.45) is 0 Å². The van der Waals surface area contributed by atoms with Crippen LogP contribution in [0.3, 0.4) is 0 Å². The monoisotopic (exact) mass is 167 g/mol. The van der Waals surface area contributed by atoms with Crippen molar-refractivity contribution in [3.63, 3.8) is 0 Å². The second-order valence-corrected chi connectivity index (χ2v) is 2.80. The second kappa shape index (κ2) is 3.82. The van der Waals surface area contributed by atoms with Gasteiger partial charge in [0.15, 0.2) is 0 Å². The normalized spacial score (nSPS) is 9.62. The van der Waals surface area contributed by atoms with Crippen molar-refractivity contribution in [1.29, 1.82) is 0 Å². The van der Waals surface area contributed by atoms with Crippen LogP contribution in [-0.2, 0) is 0 Å². The standard InChI is InChI=1S/C10H9NO.Li.H/c1-7-5-6-11-10-8(7)3-2-4-9(10)12;;/h2-6,12H,1H3;;. The predicted octanol–water partition coefficient (Wildman–Crippen LogP) is 1.60. The second-order valence-electron chi connectivity index (χ2n) is 2.80. The van der Waals surface area contributed by atoms with Crippen LogP contribution in [0.5, 0.6) is 5.75 Å². The average Bonchev–Trinajstić information content (AvgIpc) is 2.07. The van der Waals surface area contributed by atoms with E-state index in [-0.39, 0.29) is 24.6 Å². The van der Waals surface area contributed by atoms with Crippen molar-refractivity contribution in [2.75, 3.05) is 0 Å². The summed E-state index contributed by atoms with van der Waals surface area (Å²) in [5.41, 5.74) is 1.81. The number of pyridine rings is 1. The molecular weight excluding hydrogens is 157 g/mol. The van der Waals surface area contributed by atoms with Crippen molar-refractivity contribution in [1.82, 2.24) is 4.98 Å². The molecule has 0 atom stereocenters. The van der Waals surface area contributed by atoms with Gasteiger partial charge in [-0.25, -0.2) is 0 Å². The molecule has 1 N–H and O–H groups in total. The van der Waals surface area contributed by atoms with Crippen molar-refractivity contribution in [2.45, 2.75) is 6.92 Å². The molecule has 13 heavy (non-hydrogen) atoms. The van der Waals surface area contributed by atoms with Gasteiger partial charge in [-0.2, -0.15) is 0 Å². The van der Waals surface area contributed by atoms with Crippen LogP contribution in [-0.4, -0.2) is 29.0 Å². The van der Waals surface area contributed by atoms with Crippen LogP contribution in [0.25, 0.3) is 10.9 Å². The zero-order chi connectivity index (χ0) is 8.55. The van der Waals surface area contributed by atoms with Gasteiger partial charge in [-0.1, -0.05) is 12.1 Å². The van der Waals surface area contributed by atoms with Gasteiger partial charge in [0.1, 0.15) is 11.3 Å². The molecule has 0 aliphatic rings. The minimum atomic E-state index is 0. The number of fused-ring (bicyclic) bond motifs is 1. The maximum atomic E-state index is 9.43. The third kappa shape index (κ3) is 1.69. The van der Waals surface area contributed by atoms with E-state index in [0.717, 1.165) is 10.9 Å². The number of aromatic hydroxyl groups is 1. The Morgan fingerprint density at radius 1 is 1.23 bits per heavy atom. The zero-order valence-electron chi connectivity index (χ0n) is 6.78. The molecule has 0 amide bonds. The first-order valence-electron chi connectivity index (χ1n) is 3.82. The minimum absolute atomic E-state index is 0. The topological polar surface area (TPSA) is 33.1 Å². The van der Waals surface area contributed by atoms with Crippen LogP contribution >= 0.6 is 0 Å². The Morgan fingerprint density at radius 3 is 2.69 bits per heavy atom. The summed E-state index contributed by atoms with van der Waals surface area (Å²) in [7, 11) is 0. The fourth-order valence-electron chi connectivity index (χ4n) is 1.30. The number of aromatic nitrogens is 1. The van der Waals surface area contributed by atoms with Crippen molar-refractivity contribution >= 4 is 29.8 Å². The van der Waals surface area contributed by atoms with Gasteiger partial charge in [0, 0.05) is 11.6 Å². The first-order valence-corrected chi connectivity index (χ1v) is 3.82. The summed E-state index contributed by atoms with van der Waals surface area (Å²) in [5.74, 6) is 0.246. The number of phenols is 1. The van der Waals surface area contributed by atoms with E-state index in [2.05, 4.69) is 4.98 Å². The van der Waals surface area contributed by atoms with E-state index in [0.29, 0.717) is 5.52 Å². The van der Waals surface area contributed by atoms with Gasteiger partial charge in [0.05, 0.1) is 0 Å². The molecule has 0 saturated carbocycles. The molecule has 3 heteroatoms. The Morgan fingerprint density at radius 2 is 2.00 bits per heavy atom. The van der Waals surface area contributed by atoms with E-state index in [1.54, 1.807) is 12.3 Å². The summed E-state index contributed by atoms with van der Waals surface area (Å²) in [6.45, 7) is 2.00. The fourth-order valence-corrected chi connectivity index (χ4v) is 1.30. The Labute approximate surface area is 88.8 Å². The molecule has 0 saturated heterocycles. The fraction of sp³-hybridized carbons (Fsp3) is 0.100. The number of aryl methyl sites for hydroxylation is 1. The third-order valence-electron chi connectivity index (χ3n) is 1.97. The van der Waals surface area contributed by atoms with Crippen molar-refractivity contribution in [3.8, 4) is 5.75 Å². The van der Waals surface area contributed by atoms with Gasteiger partial charge < -0.3 is 5.11 Å². The molecular formula is C10H10LiNO.